The largest absolute Gasteiger partial charge is 0.256 e. The molecule has 0 aliphatic rings. The third-order valence-corrected chi connectivity index (χ3v) is 4.60. The molecule has 0 N–H and O–H groups in total. The number of hydrogen-bond acceptors (Lipinski definition) is 3. The molecule has 0 amide bonds. The molecule has 3 heterocycles. The van der Waals surface area contributed by atoms with Gasteiger partial charge in [-0.1, -0.05) is 48.5 Å². The molecule has 0 atom stereocenters. The first-order valence-electron chi connectivity index (χ1n) is 7.42. The molecule has 0 aliphatic heterocycles. The van der Waals surface area contributed by atoms with Gasteiger partial charge in [-0.25, -0.2) is 0 Å². The van der Waals surface area contributed by atoms with Gasteiger partial charge in [-0.05, 0) is 23.6 Å². The minimum absolute atomic E-state index is 0.984. The Labute approximate surface area is 139 Å². The van der Waals surface area contributed by atoms with Crippen LogP contribution in [-0.4, -0.2) is 9.97 Å². The number of pyridine rings is 2. The topological polar surface area (TPSA) is 25.8 Å². The van der Waals surface area contributed by atoms with Crippen molar-refractivity contribution >= 4 is 11.3 Å². The van der Waals surface area contributed by atoms with Gasteiger partial charge in [-0.3, -0.25) is 9.97 Å². The SMILES string of the molecule is c1ccc(-c2ccc(-c3ccc(-c4cccs4)nc3)cn2)cc1. The molecule has 0 unspecified atom stereocenters. The summed E-state index contributed by atoms with van der Waals surface area (Å²) in [5.74, 6) is 0. The Morgan fingerprint density at radius 3 is 1.83 bits per heavy atom. The quantitative estimate of drug-likeness (QED) is 0.496. The zero-order chi connectivity index (χ0) is 15.5. The molecule has 23 heavy (non-hydrogen) atoms. The minimum Gasteiger partial charge on any atom is -0.256 e. The van der Waals surface area contributed by atoms with Crippen molar-refractivity contribution in [2.24, 2.45) is 0 Å². The maximum Gasteiger partial charge on any atom is 0.0802 e. The number of thiophene rings is 1. The van der Waals surface area contributed by atoms with Gasteiger partial charge in [0, 0.05) is 29.1 Å². The van der Waals surface area contributed by atoms with Gasteiger partial charge in [0.05, 0.1) is 16.3 Å². The van der Waals surface area contributed by atoms with E-state index in [1.165, 1.54) is 4.88 Å². The molecule has 0 bridgehead atoms. The van der Waals surface area contributed by atoms with E-state index in [1.54, 1.807) is 11.3 Å². The van der Waals surface area contributed by atoms with Crippen molar-refractivity contribution in [3.63, 3.8) is 0 Å². The molecule has 4 aromatic rings. The van der Waals surface area contributed by atoms with Gasteiger partial charge >= 0.3 is 0 Å². The number of rotatable bonds is 3. The van der Waals surface area contributed by atoms with Crippen LogP contribution in [0.5, 0.6) is 0 Å². The van der Waals surface area contributed by atoms with Gasteiger partial charge in [-0.2, -0.15) is 0 Å². The molecule has 0 fully saturated rings. The fourth-order valence-electron chi connectivity index (χ4n) is 2.48. The lowest BCUT2D eigenvalue weighted by molar-refractivity contribution is 1.30. The Hall–Kier alpha value is -2.78. The van der Waals surface area contributed by atoms with E-state index in [-0.39, 0.29) is 0 Å². The molecule has 0 saturated heterocycles. The van der Waals surface area contributed by atoms with Gasteiger partial charge < -0.3 is 0 Å². The van der Waals surface area contributed by atoms with Crippen molar-refractivity contribution in [2.45, 2.75) is 0 Å². The Balaban J connectivity index is 1.61. The summed E-state index contributed by atoms with van der Waals surface area (Å²) in [6, 6.07) is 22.6. The Morgan fingerprint density at radius 2 is 1.26 bits per heavy atom. The fourth-order valence-corrected chi connectivity index (χ4v) is 3.18. The van der Waals surface area contributed by atoms with Crippen LogP contribution in [0.4, 0.5) is 0 Å². The maximum absolute atomic E-state index is 4.57. The minimum atomic E-state index is 0.984. The summed E-state index contributed by atoms with van der Waals surface area (Å²) in [4.78, 5) is 10.3. The van der Waals surface area contributed by atoms with E-state index in [0.29, 0.717) is 0 Å². The van der Waals surface area contributed by atoms with Crippen molar-refractivity contribution in [3.8, 4) is 33.0 Å². The van der Waals surface area contributed by atoms with Crippen LogP contribution < -0.4 is 0 Å². The first-order chi connectivity index (χ1) is 11.4. The van der Waals surface area contributed by atoms with Crippen LogP contribution in [0, 0.1) is 0 Å². The highest BCUT2D eigenvalue weighted by Crippen LogP contribution is 2.26. The first-order valence-corrected chi connectivity index (χ1v) is 8.30. The summed E-state index contributed by atoms with van der Waals surface area (Å²) in [5, 5.41) is 2.07. The number of hydrogen-bond donors (Lipinski definition) is 0. The Bertz CT molecular complexity index is 881. The zero-order valence-corrected chi connectivity index (χ0v) is 13.2. The molecule has 3 aromatic heterocycles. The zero-order valence-electron chi connectivity index (χ0n) is 12.4. The second-order valence-corrected chi connectivity index (χ2v) is 6.16. The predicted octanol–water partition coefficient (Wildman–Crippen LogP) is 5.54. The van der Waals surface area contributed by atoms with Crippen LogP contribution >= 0.6 is 11.3 Å². The third kappa shape index (κ3) is 2.91. The third-order valence-electron chi connectivity index (χ3n) is 3.70. The van der Waals surface area contributed by atoms with E-state index in [4.69, 9.17) is 0 Å². The average molecular weight is 314 g/mol. The van der Waals surface area contributed by atoms with Gasteiger partial charge in [0.15, 0.2) is 0 Å². The molecule has 3 heteroatoms. The number of nitrogens with zero attached hydrogens (tertiary/aromatic N) is 2. The molecular weight excluding hydrogens is 300 g/mol. The second-order valence-electron chi connectivity index (χ2n) is 5.21. The van der Waals surface area contributed by atoms with Crippen LogP contribution in [0.1, 0.15) is 0 Å². The lowest BCUT2D eigenvalue weighted by Crippen LogP contribution is -1.86. The monoisotopic (exact) mass is 314 g/mol. The van der Waals surface area contributed by atoms with Gasteiger partial charge in [-0.15, -0.1) is 11.3 Å². The van der Waals surface area contributed by atoms with Crippen molar-refractivity contribution in [2.75, 3.05) is 0 Å². The molecule has 110 valence electrons. The fraction of sp³-hybridized carbons (Fsp3) is 0. The molecule has 4 rings (SSSR count). The molecule has 0 saturated carbocycles. The highest BCUT2D eigenvalue weighted by Gasteiger charge is 2.04. The molecule has 0 spiro atoms. The summed E-state index contributed by atoms with van der Waals surface area (Å²) >= 11 is 1.70. The van der Waals surface area contributed by atoms with E-state index in [9.17, 15) is 0 Å². The van der Waals surface area contributed by atoms with Crippen molar-refractivity contribution in [3.05, 3.63) is 84.5 Å². The molecule has 1 aromatic carbocycles. The van der Waals surface area contributed by atoms with Crippen LogP contribution in [0.2, 0.25) is 0 Å². The van der Waals surface area contributed by atoms with Crippen molar-refractivity contribution < 1.29 is 0 Å². The van der Waals surface area contributed by atoms with E-state index in [1.807, 2.05) is 36.7 Å². The molecular formula is C20H14N2S. The van der Waals surface area contributed by atoms with E-state index < -0.39 is 0 Å². The Kier molecular flexibility index (Phi) is 3.70. The summed E-state index contributed by atoms with van der Waals surface area (Å²) < 4.78 is 0. The van der Waals surface area contributed by atoms with E-state index in [2.05, 4.69) is 57.8 Å². The lowest BCUT2D eigenvalue weighted by atomic mass is 10.1. The standard InChI is InChI=1S/C20H14N2S/c1-2-5-15(6-3-1)18-10-8-16(13-21-18)17-9-11-19(22-14-17)20-7-4-12-23-20/h1-14H. The van der Waals surface area contributed by atoms with Gasteiger partial charge in [0.2, 0.25) is 0 Å². The van der Waals surface area contributed by atoms with Gasteiger partial charge in [0.25, 0.3) is 0 Å². The first kappa shape index (κ1) is 13.9. The van der Waals surface area contributed by atoms with Crippen molar-refractivity contribution in [1.82, 2.24) is 9.97 Å². The van der Waals surface area contributed by atoms with E-state index >= 15 is 0 Å². The van der Waals surface area contributed by atoms with Crippen LogP contribution in [0.3, 0.4) is 0 Å². The number of benzene rings is 1. The second kappa shape index (κ2) is 6.15. The molecule has 2 nitrogen and oxygen atoms in total. The molecule has 0 aliphatic carbocycles. The van der Waals surface area contributed by atoms with E-state index in [0.717, 1.165) is 28.1 Å². The summed E-state index contributed by atoms with van der Waals surface area (Å²) in [5.41, 5.74) is 5.28. The summed E-state index contributed by atoms with van der Waals surface area (Å²) in [7, 11) is 0. The number of aromatic nitrogens is 2. The maximum atomic E-state index is 4.57. The predicted molar refractivity (Wildman–Crippen MR) is 96.2 cm³/mol. The van der Waals surface area contributed by atoms with Crippen LogP contribution in [-0.2, 0) is 0 Å². The van der Waals surface area contributed by atoms with Crippen LogP contribution in [0.25, 0.3) is 33.0 Å². The Morgan fingerprint density at radius 1 is 0.565 bits per heavy atom. The van der Waals surface area contributed by atoms with Gasteiger partial charge in [0.1, 0.15) is 0 Å². The average Bonchev–Trinajstić information content (AvgIpc) is 3.18. The molecule has 0 radical (unpaired) electrons. The normalized spacial score (nSPS) is 10.6. The highest BCUT2D eigenvalue weighted by molar-refractivity contribution is 7.13. The van der Waals surface area contributed by atoms with Crippen LogP contribution in [0.15, 0.2) is 84.5 Å². The summed E-state index contributed by atoms with van der Waals surface area (Å²) in [6.45, 7) is 0. The van der Waals surface area contributed by atoms with Crippen molar-refractivity contribution in [1.29, 1.82) is 0 Å². The summed E-state index contributed by atoms with van der Waals surface area (Å²) in [6.07, 6.45) is 3.82. The highest BCUT2D eigenvalue weighted by atomic mass is 32.1. The smallest absolute Gasteiger partial charge is 0.0802 e. The lowest BCUT2D eigenvalue weighted by Gasteiger charge is -2.05.